The fourth-order valence-corrected chi connectivity index (χ4v) is 5.19. The van der Waals surface area contributed by atoms with Crippen molar-refractivity contribution in [3.63, 3.8) is 0 Å². The van der Waals surface area contributed by atoms with Crippen molar-refractivity contribution in [2.24, 2.45) is 0 Å². The fraction of sp³-hybridized carbons (Fsp3) is 0.591. The number of rotatable bonds is 3. The zero-order valence-electron chi connectivity index (χ0n) is 18.9. The van der Waals surface area contributed by atoms with Gasteiger partial charge in [-0.3, -0.25) is 9.69 Å². The highest BCUT2D eigenvalue weighted by molar-refractivity contribution is 7.99. The van der Waals surface area contributed by atoms with Crippen molar-refractivity contribution in [3.05, 3.63) is 34.9 Å². The maximum atomic E-state index is 13.4. The molecule has 1 aromatic rings. The number of nitrogens with zero attached hydrogens (tertiary/aromatic N) is 3. The summed E-state index contributed by atoms with van der Waals surface area (Å²) in [6.07, 6.45) is -0.889. The molecule has 3 rings (SSSR count). The minimum Gasteiger partial charge on any atom is -0.450 e. The number of carbonyl (C=O) groups excluding carboxylic acids is 3. The highest BCUT2D eigenvalue weighted by Gasteiger charge is 2.46. The van der Waals surface area contributed by atoms with Gasteiger partial charge in [-0.2, -0.15) is 0 Å². The van der Waals surface area contributed by atoms with Gasteiger partial charge in [0.15, 0.2) is 0 Å². The molecule has 0 aromatic heterocycles. The zero-order chi connectivity index (χ0) is 23.5. The van der Waals surface area contributed by atoms with Gasteiger partial charge in [-0.15, -0.1) is 11.8 Å². The van der Waals surface area contributed by atoms with E-state index in [1.54, 1.807) is 54.5 Å². The lowest BCUT2D eigenvalue weighted by Crippen LogP contribution is -2.56. The number of thioether (sulfide) groups is 1. The summed E-state index contributed by atoms with van der Waals surface area (Å²) in [7, 11) is 0. The lowest BCUT2D eigenvalue weighted by Gasteiger charge is -2.37. The van der Waals surface area contributed by atoms with Gasteiger partial charge in [0.25, 0.3) is 0 Å². The van der Waals surface area contributed by atoms with Crippen LogP contribution in [0.3, 0.4) is 0 Å². The first-order chi connectivity index (χ1) is 15.1. The van der Waals surface area contributed by atoms with Crippen LogP contribution in [0.5, 0.6) is 0 Å². The summed E-state index contributed by atoms with van der Waals surface area (Å²) in [6.45, 7) is 9.07. The van der Waals surface area contributed by atoms with E-state index >= 15 is 0 Å². The molecule has 0 spiro atoms. The van der Waals surface area contributed by atoms with Crippen LogP contribution in [0.2, 0.25) is 5.02 Å². The Hall–Kier alpha value is -2.13. The summed E-state index contributed by atoms with van der Waals surface area (Å²) >= 11 is 7.56. The van der Waals surface area contributed by atoms with Crippen molar-refractivity contribution in [1.29, 1.82) is 0 Å². The first kappa shape index (κ1) is 24.5. The summed E-state index contributed by atoms with van der Waals surface area (Å²) < 4.78 is 10.7. The number of amides is 3. The minimum absolute atomic E-state index is 0.136. The van der Waals surface area contributed by atoms with Crippen LogP contribution >= 0.6 is 23.4 Å². The second-order valence-corrected chi connectivity index (χ2v) is 10.2. The van der Waals surface area contributed by atoms with E-state index < -0.39 is 17.7 Å². The molecule has 1 aromatic carbocycles. The molecular formula is C22H30ClN3O5S. The van der Waals surface area contributed by atoms with Crippen LogP contribution in [-0.2, 0) is 14.3 Å². The Kier molecular flexibility index (Phi) is 7.82. The van der Waals surface area contributed by atoms with Crippen molar-refractivity contribution in [2.75, 3.05) is 38.5 Å². The Morgan fingerprint density at radius 2 is 1.62 bits per heavy atom. The van der Waals surface area contributed by atoms with Crippen LogP contribution in [0.25, 0.3) is 0 Å². The molecule has 3 amide bonds. The fourth-order valence-electron chi connectivity index (χ4n) is 3.65. The van der Waals surface area contributed by atoms with Crippen molar-refractivity contribution in [1.82, 2.24) is 14.7 Å². The van der Waals surface area contributed by atoms with Gasteiger partial charge in [-0.1, -0.05) is 23.7 Å². The van der Waals surface area contributed by atoms with E-state index in [2.05, 4.69) is 0 Å². The zero-order valence-corrected chi connectivity index (χ0v) is 20.4. The minimum atomic E-state index is -0.687. The number of halogens is 1. The molecule has 0 radical (unpaired) electrons. The molecule has 176 valence electrons. The van der Waals surface area contributed by atoms with Crippen molar-refractivity contribution >= 4 is 41.5 Å². The molecule has 2 aliphatic rings. The van der Waals surface area contributed by atoms with Crippen LogP contribution in [0, 0.1) is 0 Å². The number of ether oxygens (including phenoxy) is 2. The summed E-state index contributed by atoms with van der Waals surface area (Å²) in [4.78, 5) is 43.4. The number of piperazine rings is 1. The van der Waals surface area contributed by atoms with Gasteiger partial charge in [0, 0.05) is 37.0 Å². The van der Waals surface area contributed by atoms with Gasteiger partial charge in [0.05, 0.1) is 6.61 Å². The summed E-state index contributed by atoms with van der Waals surface area (Å²) in [5.41, 5.74) is 0.195. The third kappa shape index (κ3) is 5.81. The standard InChI is InChI=1S/C22H30ClN3O5S/c1-5-30-20(28)25-12-10-24(11-13-25)18(27)17-14-32-19(15-6-8-16(23)9-7-15)26(17)21(29)31-22(2,3)4/h6-9,17,19H,5,10-14H2,1-4H3/t17-,19+/m0/s1. The van der Waals surface area contributed by atoms with Gasteiger partial charge in [-0.25, -0.2) is 9.59 Å². The molecule has 2 heterocycles. The van der Waals surface area contributed by atoms with Crippen molar-refractivity contribution in [3.8, 4) is 0 Å². The monoisotopic (exact) mass is 483 g/mol. The van der Waals surface area contributed by atoms with Crippen molar-refractivity contribution in [2.45, 2.75) is 44.7 Å². The number of hydrogen-bond donors (Lipinski definition) is 0. The summed E-state index contributed by atoms with van der Waals surface area (Å²) in [5, 5.41) is 0.254. The van der Waals surface area contributed by atoms with Gasteiger partial charge >= 0.3 is 12.2 Å². The molecule has 2 saturated heterocycles. The highest BCUT2D eigenvalue weighted by atomic mass is 35.5. The van der Waals surface area contributed by atoms with Gasteiger partial charge in [0.1, 0.15) is 17.0 Å². The molecule has 0 N–H and O–H groups in total. The SMILES string of the molecule is CCOC(=O)N1CCN(C(=O)[C@@H]2CS[C@H](c3ccc(Cl)cc3)N2C(=O)OC(C)(C)C)CC1. The first-order valence-electron chi connectivity index (χ1n) is 10.7. The molecule has 0 bridgehead atoms. The molecule has 2 atom stereocenters. The highest BCUT2D eigenvalue weighted by Crippen LogP contribution is 2.43. The van der Waals surface area contributed by atoms with E-state index in [9.17, 15) is 14.4 Å². The van der Waals surface area contributed by atoms with E-state index in [4.69, 9.17) is 21.1 Å². The molecule has 0 unspecified atom stereocenters. The van der Waals surface area contributed by atoms with Crippen LogP contribution < -0.4 is 0 Å². The van der Waals surface area contributed by atoms with E-state index in [1.165, 1.54) is 11.8 Å². The normalized spacial score (nSPS) is 21.5. The van der Waals surface area contributed by atoms with Crippen LogP contribution in [-0.4, -0.2) is 83.0 Å². The quantitative estimate of drug-likeness (QED) is 0.646. The Bertz CT molecular complexity index is 837. The topological polar surface area (TPSA) is 79.4 Å². The molecule has 0 saturated carbocycles. The molecular weight excluding hydrogens is 454 g/mol. The van der Waals surface area contributed by atoms with Crippen molar-refractivity contribution < 1.29 is 23.9 Å². The lowest BCUT2D eigenvalue weighted by atomic mass is 10.1. The van der Waals surface area contributed by atoms with Crippen LogP contribution in [0.15, 0.2) is 24.3 Å². The average molecular weight is 484 g/mol. The second kappa shape index (κ2) is 10.2. The average Bonchev–Trinajstić information content (AvgIpc) is 3.18. The van der Waals surface area contributed by atoms with Gasteiger partial charge in [-0.05, 0) is 45.4 Å². The van der Waals surface area contributed by atoms with Crippen LogP contribution in [0.1, 0.15) is 38.6 Å². The lowest BCUT2D eigenvalue weighted by molar-refractivity contribution is -0.137. The Balaban J connectivity index is 1.76. The Morgan fingerprint density at radius 3 is 2.19 bits per heavy atom. The maximum Gasteiger partial charge on any atom is 0.412 e. The molecule has 8 nitrogen and oxygen atoms in total. The maximum absolute atomic E-state index is 13.4. The smallest absolute Gasteiger partial charge is 0.412 e. The number of carbonyl (C=O) groups is 3. The van der Waals surface area contributed by atoms with E-state index in [-0.39, 0.29) is 17.4 Å². The van der Waals surface area contributed by atoms with Crippen LogP contribution in [0.4, 0.5) is 9.59 Å². The third-order valence-electron chi connectivity index (χ3n) is 5.16. The third-order valence-corrected chi connectivity index (χ3v) is 6.74. The first-order valence-corrected chi connectivity index (χ1v) is 12.1. The molecule has 2 fully saturated rings. The Labute approximate surface area is 198 Å². The molecule has 2 aliphatic heterocycles. The van der Waals surface area contributed by atoms with Gasteiger partial charge in [0.2, 0.25) is 5.91 Å². The Morgan fingerprint density at radius 1 is 1.03 bits per heavy atom. The van der Waals surface area contributed by atoms with E-state index in [1.807, 2.05) is 12.1 Å². The second-order valence-electron chi connectivity index (χ2n) is 8.65. The predicted molar refractivity (Wildman–Crippen MR) is 124 cm³/mol. The van der Waals surface area contributed by atoms with Gasteiger partial charge < -0.3 is 19.3 Å². The predicted octanol–water partition coefficient (Wildman–Crippen LogP) is 3.99. The molecule has 10 heteroatoms. The van der Waals surface area contributed by atoms with E-state index in [0.29, 0.717) is 43.6 Å². The molecule has 32 heavy (non-hydrogen) atoms. The molecule has 0 aliphatic carbocycles. The van der Waals surface area contributed by atoms with E-state index in [0.717, 1.165) is 5.56 Å². The summed E-state index contributed by atoms with van der Waals surface area (Å²) in [5.74, 6) is 0.326. The summed E-state index contributed by atoms with van der Waals surface area (Å²) in [6, 6.07) is 6.62. The largest absolute Gasteiger partial charge is 0.450 e. The number of hydrogen-bond acceptors (Lipinski definition) is 6. The number of benzene rings is 1.